The molecule has 3 aromatic rings. The third kappa shape index (κ3) is 5.54. The summed E-state index contributed by atoms with van der Waals surface area (Å²) in [6.45, 7) is 3.67. The predicted molar refractivity (Wildman–Crippen MR) is 127 cm³/mol. The van der Waals surface area contributed by atoms with E-state index in [0.717, 1.165) is 38.9 Å². The van der Waals surface area contributed by atoms with E-state index in [0.29, 0.717) is 24.0 Å². The minimum atomic E-state index is -0.391. The largest absolute Gasteiger partial charge is 0.496 e. The van der Waals surface area contributed by atoms with Crippen molar-refractivity contribution in [3.05, 3.63) is 70.1 Å². The Bertz CT molecular complexity index is 1150. The van der Waals surface area contributed by atoms with Gasteiger partial charge in [-0.25, -0.2) is 0 Å². The fourth-order valence-corrected chi connectivity index (χ4v) is 4.37. The Kier molecular flexibility index (Phi) is 7.29. The highest BCUT2D eigenvalue weighted by molar-refractivity contribution is 5.94. The Balaban J connectivity index is 1.31. The molecule has 0 radical (unpaired) electrons. The van der Waals surface area contributed by atoms with Crippen LogP contribution in [-0.2, 0) is 6.54 Å². The van der Waals surface area contributed by atoms with Gasteiger partial charge in [-0.3, -0.25) is 14.5 Å². The number of likely N-dealkylation sites (tertiary alicyclic amines) is 1. The topological polar surface area (TPSA) is 81.0 Å². The molecule has 0 aliphatic carbocycles. The van der Waals surface area contributed by atoms with Gasteiger partial charge >= 0.3 is 0 Å². The monoisotopic (exact) mass is 450 g/mol. The van der Waals surface area contributed by atoms with Gasteiger partial charge in [0.05, 0.1) is 14.2 Å². The zero-order valence-electron chi connectivity index (χ0n) is 19.1. The van der Waals surface area contributed by atoms with Gasteiger partial charge in [0.15, 0.2) is 11.2 Å². The van der Waals surface area contributed by atoms with E-state index in [2.05, 4.69) is 34.5 Å². The van der Waals surface area contributed by atoms with Gasteiger partial charge in [-0.2, -0.15) is 0 Å². The van der Waals surface area contributed by atoms with E-state index >= 15 is 0 Å². The van der Waals surface area contributed by atoms with Crippen molar-refractivity contribution in [3.63, 3.8) is 0 Å². The quantitative estimate of drug-likeness (QED) is 0.562. The first-order chi connectivity index (χ1) is 16.1. The molecule has 174 valence electrons. The highest BCUT2D eigenvalue weighted by Crippen LogP contribution is 2.29. The van der Waals surface area contributed by atoms with E-state index in [1.165, 1.54) is 25.8 Å². The molecule has 33 heavy (non-hydrogen) atoms. The summed E-state index contributed by atoms with van der Waals surface area (Å²) >= 11 is 0. The van der Waals surface area contributed by atoms with Crippen molar-refractivity contribution in [1.29, 1.82) is 0 Å². The lowest BCUT2D eigenvalue weighted by Gasteiger charge is -2.32. The number of hydrogen-bond donors (Lipinski definition) is 1. The van der Waals surface area contributed by atoms with Gasteiger partial charge in [0, 0.05) is 31.3 Å². The minimum Gasteiger partial charge on any atom is -0.496 e. The van der Waals surface area contributed by atoms with Crippen LogP contribution in [0, 0.1) is 5.92 Å². The maximum Gasteiger partial charge on any atom is 0.287 e. The van der Waals surface area contributed by atoms with Crippen molar-refractivity contribution in [1.82, 2.24) is 10.2 Å². The zero-order chi connectivity index (χ0) is 23.2. The summed E-state index contributed by atoms with van der Waals surface area (Å²) in [7, 11) is 2.99. The second-order valence-corrected chi connectivity index (χ2v) is 8.43. The first-order valence-electron chi connectivity index (χ1n) is 11.3. The number of rotatable bonds is 8. The molecule has 1 saturated heterocycles. The van der Waals surface area contributed by atoms with Crippen molar-refractivity contribution in [2.24, 2.45) is 5.92 Å². The van der Waals surface area contributed by atoms with Crippen LogP contribution in [0.1, 0.15) is 35.4 Å². The fourth-order valence-electron chi connectivity index (χ4n) is 4.37. The van der Waals surface area contributed by atoms with Crippen molar-refractivity contribution in [2.75, 3.05) is 33.9 Å². The van der Waals surface area contributed by atoms with Gasteiger partial charge in [-0.05, 0) is 43.8 Å². The molecule has 7 heteroatoms. The van der Waals surface area contributed by atoms with E-state index in [9.17, 15) is 9.59 Å². The number of benzene rings is 2. The smallest absolute Gasteiger partial charge is 0.287 e. The molecule has 7 nitrogen and oxygen atoms in total. The first kappa shape index (κ1) is 22.9. The van der Waals surface area contributed by atoms with E-state index in [1.807, 2.05) is 6.07 Å². The van der Waals surface area contributed by atoms with Crippen LogP contribution in [0.25, 0.3) is 11.0 Å². The van der Waals surface area contributed by atoms with Crippen LogP contribution in [0.15, 0.2) is 57.7 Å². The molecule has 0 spiro atoms. The van der Waals surface area contributed by atoms with Crippen LogP contribution < -0.4 is 20.2 Å². The molecule has 1 fully saturated rings. The Hall–Kier alpha value is -3.32. The zero-order valence-corrected chi connectivity index (χ0v) is 19.1. The Morgan fingerprint density at radius 2 is 1.85 bits per heavy atom. The van der Waals surface area contributed by atoms with E-state index in [-0.39, 0.29) is 22.2 Å². The summed E-state index contributed by atoms with van der Waals surface area (Å²) < 4.78 is 16.2. The summed E-state index contributed by atoms with van der Waals surface area (Å²) in [6.07, 6.45) is 3.14. The van der Waals surface area contributed by atoms with Crippen LogP contribution in [0.5, 0.6) is 11.5 Å². The molecule has 1 aromatic heterocycles. The minimum absolute atomic E-state index is 0.0134. The Morgan fingerprint density at radius 3 is 2.55 bits per heavy atom. The lowest BCUT2D eigenvalue weighted by molar-refractivity contribution is 0.0920. The summed E-state index contributed by atoms with van der Waals surface area (Å²) in [5.41, 5.74) is 1.27. The highest BCUT2D eigenvalue weighted by atomic mass is 16.5. The van der Waals surface area contributed by atoms with Gasteiger partial charge in [-0.1, -0.05) is 30.3 Å². The maximum absolute atomic E-state index is 12.6. The van der Waals surface area contributed by atoms with Crippen molar-refractivity contribution >= 4 is 16.9 Å². The predicted octanol–water partition coefficient (Wildman–Crippen LogP) is 3.84. The van der Waals surface area contributed by atoms with Crippen molar-refractivity contribution in [3.8, 4) is 11.5 Å². The number of hydrogen-bond acceptors (Lipinski definition) is 6. The van der Waals surface area contributed by atoms with Crippen LogP contribution in [-0.4, -0.2) is 44.7 Å². The molecule has 0 saturated carbocycles. The van der Waals surface area contributed by atoms with Gasteiger partial charge in [0.1, 0.15) is 22.5 Å². The molecule has 0 unspecified atom stereocenters. The second kappa shape index (κ2) is 10.5. The molecule has 1 aliphatic heterocycles. The molecule has 2 aromatic carbocycles. The van der Waals surface area contributed by atoms with Crippen LogP contribution >= 0.6 is 0 Å². The average molecular weight is 451 g/mol. The molecule has 0 atom stereocenters. The van der Waals surface area contributed by atoms with E-state index in [4.69, 9.17) is 13.9 Å². The summed E-state index contributed by atoms with van der Waals surface area (Å²) in [6, 6.07) is 14.9. The SMILES string of the molecule is COc1cc(OC)c2c(=O)cc(C(=O)NCCC3CCN(Cc4ccccc4)CC3)oc2c1. The number of ether oxygens (including phenoxy) is 2. The number of nitrogens with one attached hydrogen (secondary N) is 1. The molecular formula is C26H30N2O5. The van der Waals surface area contributed by atoms with Gasteiger partial charge in [0.2, 0.25) is 0 Å². The first-order valence-corrected chi connectivity index (χ1v) is 11.3. The molecular weight excluding hydrogens is 420 g/mol. The molecule has 1 aliphatic rings. The van der Waals surface area contributed by atoms with Crippen molar-refractivity contribution in [2.45, 2.75) is 25.8 Å². The van der Waals surface area contributed by atoms with Gasteiger partial charge in [-0.15, -0.1) is 0 Å². The number of carbonyl (C=O) groups excluding carboxylic acids is 1. The molecule has 1 amide bonds. The third-order valence-electron chi connectivity index (χ3n) is 6.24. The molecule has 1 N–H and O–H groups in total. The lowest BCUT2D eigenvalue weighted by Crippen LogP contribution is -2.35. The average Bonchev–Trinajstić information content (AvgIpc) is 2.84. The van der Waals surface area contributed by atoms with Crippen molar-refractivity contribution < 1.29 is 18.7 Å². The second-order valence-electron chi connectivity index (χ2n) is 8.43. The number of piperidine rings is 1. The number of amides is 1. The Labute approximate surface area is 193 Å². The Morgan fingerprint density at radius 1 is 1.09 bits per heavy atom. The summed E-state index contributed by atoms with van der Waals surface area (Å²) in [5, 5.41) is 3.19. The standard InChI is InChI=1S/C26H30N2O5/c1-31-20-14-22(32-2)25-21(29)16-24(33-23(25)15-20)26(30)27-11-8-18-9-12-28(13-10-18)17-19-6-4-3-5-7-19/h3-7,14-16,18H,8-13,17H2,1-2H3,(H,27,30). The summed E-state index contributed by atoms with van der Waals surface area (Å²) in [5.74, 6) is 1.01. The molecule has 4 rings (SSSR count). The number of carbonyl (C=O) groups is 1. The third-order valence-corrected chi connectivity index (χ3v) is 6.24. The van der Waals surface area contributed by atoms with Gasteiger partial charge in [0.25, 0.3) is 5.91 Å². The normalized spacial score (nSPS) is 14.8. The van der Waals surface area contributed by atoms with Crippen LogP contribution in [0.3, 0.4) is 0 Å². The number of nitrogens with zero attached hydrogens (tertiary/aromatic N) is 1. The van der Waals surface area contributed by atoms with E-state index in [1.54, 1.807) is 12.1 Å². The maximum atomic E-state index is 12.6. The van der Waals surface area contributed by atoms with Crippen LogP contribution in [0.4, 0.5) is 0 Å². The highest BCUT2D eigenvalue weighted by Gasteiger charge is 2.20. The van der Waals surface area contributed by atoms with Gasteiger partial charge < -0.3 is 19.2 Å². The van der Waals surface area contributed by atoms with E-state index < -0.39 is 5.91 Å². The van der Waals surface area contributed by atoms with Crippen LogP contribution in [0.2, 0.25) is 0 Å². The number of methoxy groups -OCH3 is 2. The number of fused-ring (bicyclic) bond motifs is 1. The fraction of sp³-hybridized carbons (Fsp3) is 0.385. The molecule has 0 bridgehead atoms. The molecule has 2 heterocycles. The summed E-state index contributed by atoms with van der Waals surface area (Å²) in [4.78, 5) is 27.7. The lowest BCUT2D eigenvalue weighted by atomic mass is 9.93.